The van der Waals surface area contributed by atoms with Crippen molar-refractivity contribution in [2.24, 2.45) is 5.92 Å². The van der Waals surface area contributed by atoms with Gasteiger partial charge < -0.3 is 14.6 Å². The summed E-state index contributed by atoms with van der Waals surface area (Å²) in [4.78, 5) is 28.1. The fraction of sp³-hybridized carbons (Fsp3) is 0.345. The molecule has 3 rings (SSSR count). The molecule has 0 aliphatic heterocycles. The number of amides is 1. The van der Waals surface area contributed by atoms with Crippen LogP contribution < -0.4 is 10.1 Å². The van der Waals surface area contributed by atoms with Gasteiger partial charge in [-0.05, 0) is 61.9 Å². The smallest absolute Gasteiger partial charge is 0.331 e. The summed E-state index contributed by atoms with van der Waals surface area (Å²) >= 11 is 1.16. The molecule has 0 saturated carbocycles. The van der Waals surface area contributed by atoms with E-state index in [1.54, 1.807) is 12.5 Å². The van der Waals surface area contributed by atoms with Gasteiger partial charge in [0.25, 0.3) is 5.91 Å². The van der Waals surface area contributed by atoms with E-state index in [-0.39, 0.29) is 16.3 Å². The molecule has 0 fully saturated rings. The molecule has 0 aliphatic rings. The van der Waals surface area contributed by atoms with Crippen molar-refractivity contribution in [3.05, 3.63) is 69.6 Å². The average Bonchev–Trinajstić information content (AvgIpc) is 3.35. The van der Waals surface area contributed by atoms with Crippen molar-refractivity contribution >= 4 is 34.4 Å². The molecule has 0 saturated heterocycles. The molecule has 3 aromatic rings. The Morgan fingerprint density at radius 1 is 1.18 bits per heavy atom. The lowest BCUT2D eigenvalue weighted by Gasteiger charge is -2.13. The maximum absolute atomic E-state index is 14.5. The Hall–Kier alpha value is -3.63. The Kier molecular flexibility index (Phi) is 10.7. The van der Waals surface area contributed by atoms with E-state index in [1.165, 1.54) is 6.92 Å². The Bertz CT molecular complexity index is 1330. The zero-order valence-corrected chi connectivity index (χ0v) is 23.2. The number of benzene rings is 2. The number of para-hydroxylation sites is 1. The van der Waals surface area contributed by atoms with Crippen molar-refractivity contribution in [1.82, 2.24) is 4.98 Å². The minimum atomic E-state index is -1.30. The number of anilines is 1. The van der Waals surface area contributed by atoms with Crippen molar-refractivity contribution in [3.63, 3.8) is 0 Å². The number of hydrogen-bond donors (Lipinski definition) is 2. The van der Waals surface area contributed by atoms with Gasteiger partial charge in [0.1, 0.15) is 17.4 Å². The first-order valence-electron chi connectivity index (χ1n) is 12.5. The maximum atomic E-state index is 14.5. The lowest BCUT2D eigenvalue weighted by Crippen LogP contribution is -2.13. The van der Waals surface area contributed by atoms with Crippen LogP contribution in [0.1, 0.15) is 55.1 Å². The van der Waals surface area contributed by atoms with Gasteiger partial charge in [-0.2, -0.15) is 0 Å². The molecular formula is C29H32F2N2O5S. The summed E-state index contributed by atoms with van der Waals surface area (Å²) in [6, 6.07) is 7.49. The summed E-state index contributed by atoms with van der Waals surface area (Å²) in [6.45, 7) is 6.95. The predicted octanol–water partition coefficient (Wildman–Crippen LogP) is 6.83. The highest BCUT2D eigenvalue weighted by Crippen LogP contribution is 2.35. The Labute approximate surface area is 230 Å². The minimum absolute atomic E-state index is 0.241. The summed E-state index contributed by atoms with van der Waals surface area (Å²) in [5.41, 5.74) is 1.33. The number of carboxylic acid groups (broad SMARTS) is 1. The number of carboxylic acids is 1. The number of aryl methyl sites for hydroxylation is 1. The molecule has 2 N–H and O–H groups in total. The summed E-state index contributed by atoms with van der Waals surface area (Å²) in [7, 11) is 1.59. The van der Waals surface area contributed by atoms with E-state index in [0.717, 1.165) is 66.5 Å². The number of nitrogens with one attached hydrogen (secondary N) is 1. The van der Waals surface area contributed by atoms with E-state index in [9.17, 15) is 18.4 Å². The largest absolute Gasteiger partial charge is 0.496 e. The molecule has 0 atom stereocenters. The van der Waals surface area contributed by atoms with Gasteiger partial charge in [-0.25, -0.2) is 18.6 Å². The third kappa shape index (κ3) is 8.18. The van der Waals surface area contributed by atoms with Crippen molar-refractivity contribution in [1.29, 1.82) is 0 Å². The number of halogens is 2. The van der Waals surface area contributed by atoms with Crippen LogP contribution in [0.4, 0.5) is 13.9 Å². The fourth-order valence-electron chi connectivity index (χ4n) is 3.77. The highest BCUT2D eigenvalue weighted by molar-refractivity contribution is 7.14. The first-order chi connectivity index (χ1) is 18.6. The first-order valence-corrected chi connectivity index (χ1v) is 13.4. The van der Waals surface area contributed by atoms with E-state index in [0.29, 0.717) is 24.0 Å². The number of nitrogens with zero attached hydrogens (tertiary/aromatic N) is 1. The van der Waals surface area contributed by atoms with E-state index in [2.05, 4.69) is 24.1 Å². The van der Waals surface area contributed by atoms with Crippen LogP contribution in [0, 0.1) is 17.6 Å². The predicted molar refractivity (Wildman–Crippen MR) is 148 cm³/mol. The van der Waals surface area contributed by atoms with Crippen LogP contribution in [0.25, 0.3) is 17.3 Å². The molecule has 0 spiro atoms. The monoisotopic (exact) mass is 558 g/mol. The molecule has 1 heterocycles. The Balaban J connectivity index is 1.71. The zero-order chi connectivity index (χ0) is 28.5. The number of carbonyl (C=O) groups is 2. The first kappa shape index (κ1) is 29.9. The van der Waals surface area contributed by atoms with Crippen molar-refractivity contribution in [2.45, 2.75) is 40.0 Å². The van der Waals surface area contributed by atoms with Crippen molar-refractivity contribution < 1.29 is 33.0 Å². The van der Waals surface area contributed by atoms with Crippen LogP contribution >= 0.6 is 11.3 Å². The topological polar surface area (TPSA) is 97.8 Å². The molecule has 39 heavy (non-hydrogen) atoms. The molecule has 0 aliphatic carbocycles. The molecule has 7 nitrogen and oxygen atoms in total. The fourth-order valence-corrected chi connectivity index (χ4v) is 4.47. The van der Waals surface area contributed by atoms with Gasteiger partial charge in [0.15, 0.2) is 5.13 Å². The number of thiazole rings is 1. The molecule has 0 bridgehead atoms. The van der Waals surface area contributed by atoms with Gasteiger partial charge in [-0.3, -0.25) is 10.1 Å². The summed E-state index contributed by atoms with van der Waals surface area (Å²) in [6.07, 6.45) is 3.51. The molecule has 208 valence electrons. The number of rotatable bonds is 13. The lowest BCUT2D eigenvalue weighted by molar-refractivity contribution is -0.132. The number of aromatic nitrogens is 1. The Morgan fingerprint density at radius 2 is 1.90 bits per heavy atom. The van der Waals surface area contributed by atoms with E-state index < -0.39 is 29.1 Å². The summed E-state index contributed by atoms with van der Waals surface area (Å²) < 4.78 is 40.3. The summed E-state index contributed by atoms with van der Waals surface area (Å²) in [5.74, 6) is -2.86. The van der Waals surface area contributed by atoms with E-state index in [4.69, 9.17) is 14.6 Å². The molecule has 0 unspecified atom stereocenters. The van der Waals surface area contributed by atoms with Crippen LogP contribution in [-0.2, 0) is 16.0 Å². The highest BCUT2D eigenvalue weighted by Gasteiger charge is 2.18. The van der Waals surface area contributed by atoms with Crippen LogP contribution in [0.3, 0.4) is 0 Å². The van der Waals surface area contributed by atoms with Crippen molar-refractivity contribution in [2.75, 3.05) is 25.6 Å². The molecule has 1 amide bonds. The maximum Gasteiger partial charge on any atom is 0.331 e. The molecular weight excluding hydrogens is 526 g/mol. The van der Waals surface area contributed by atoms with Crippen LogP contribution in [0.15, 0.2) is 41.3 Å². The van der Waals surface area contributed by atoms with Gasteiger partial charge in [-0.1, -0.05) is 26.0 Å². The SMILES string of the molecule is COc1c(CCCOCCC(C)C)cccc1-c1csc(NC(=O)c2cc(F)c(C=C(C)C(=O)O)c(F)c2)n1. The van der Waals surface area contributed by atoms with Gasteiger partial charge >= 0.3 is 5.97 Å². The van der Waals surface area contributed by atoms with Gasteiger partial charge in [-0.15, -0.1) is 11.3 Å². The number of carbonyl (C=O) groups excluding carboxylic acids is 1. The van der Waals surface area contributed by atoms with Gasteiger partial charge in [0.2, 0.25) is 0 Å². The quantitative estimate of drug-likeness (QED) is 0.176. The number of aliphatic carboxylic acids is 1. The molecule has 2 aromatic carbocycles. The third-order valence-corrected chi connectivity index (χ3v) is 6.67. The van der Waals surface area contributed by atoms with Crippen LogP contribution in [0.2, 0.25) is 0 Å². The van der Waals surface area contributed by atoms with Crippen LogP contribution in [0.5, 0.6) is 5.75 Å². The molecule has 0 radical (unpaired) electrons. The van der Waals surface area contributed by atoms with E-state index in [1.807, 2.05) is 18.2 Å². The zero-order valence-electron chi connectivity index (χ0n) is 22.3. The van der Waals surface area contributed by atoms with Crippen molar-refractivity contribution in [3.8, 4) is 17.0 Å². The highest BCUT2D eigenvalue weighted by atomic mass is 32.1. The average molecular weight is 559 g/mol. The minimum Gasteiger partial charge on any atom is -0.496 e. The van der Waals surface area contributed by atoms with Gasteiger partial charge in [0.05, 0.1) is 12.8 Å². The standard InChI is InChI=1S/C29H32F2N2O5S/c1-17(2)10-12-38-11-6-8-19-7-5-9-21(26(19)37-4)25-16-39-29(32-25)33-27(34)20-14-23(30)22(24(31)15-20)13-18(3)28(35)36/h5,7,9,13-17H,6,8,10-12H2,1-4H3,(H,35,36)(H,32,33,34). The number of ether oxygens (including phenoxy) is 2. The number of methoxy groups -OCH3 is 1. The second-order valence-corrected chi connectivity index (χ2v) is 10.2. The van der Waals surface area contributed by atoms with Crippen LogP contribution in [-0.4, -0.2) is 42.3 Å². The Morgan fingerprint density at radius 3 is 2.54 bits per heavy atom. The molecule has 1 aromatic heterocycles. The second-order valence-electron chi connectivity index (χ2n) is 9.37. The van der Waals surface area contributed by atoms with Gasteiger partial charge in [0, 0.05) is 40.9 Å². The normalized spacial score (nSPS) is 11.6. The van der Waals surface area contributed by atoms with E-state index >= 15 is 0 Å². The summed E-state index contributed by atoms with van der Waals surface area (Å²) in [5, 5.41) is 13.5. The molecule has 10 heteroatoms. The number of hydrogen-bond acceptors (Lipinski definition) is 6. The lowest BCUT2D eigenvalue weighted by atomic mass is 10.0. The second kappa shape index (κ2) is 14.0. The third-order valence-electron chi connectivity index (χ3n) is 5.92.